The summed E-state index contributed by atoms with van der Waals surface area (Å²) in [6.07, 6.45) is 0.0709. The van der Waals surface area contributed by atoms with Crippen molar-refractivity contribution in [3.05, 3.63) is 89.7 Å². The van der Waals surface area contributed by atoms with Gasteiger partial charge in [0.25, 0.3) is 0 Å². The summed E-state index contributed by atoms with van der Waals surface area (Å²) < 4.78 is 75.4. The number of rotatable bonds is 6. The third-order valence-electron chi connectivity index (χ3n) is 6.64. The molecule has 2 aliphatic rings. The maximum atomic E-state index is 14.5. The monoisotopic (exact) mass is 559 g/mol. The Morgan fingerprint density at radius 3 is 2.29 bits per heavy atom. The molecule has 0 aromatic heterocycles. The number of hydrogen-bond donors (Lipinski definition) is 1. The normalized spacial score (nSPS) is 19.0. The summed E-state index contributed by atoms with van der Waals surface area (Å²) in [5, 5.41) is 2.68. The van der Waals surface area contributed by atoms with Crippen molar-refractivity contribution < 1.29 is 30.8 Å². The van der Waals surface area contributed by atoms with Crippen molar-refractivity contribution in [2.75, 3.05) is 31.6 Å². The summed E-state index contributed by atoms with van der Waals surface area (Å²) >= 11 is 0. The summed E-state index contributed by atoms with van der Waals surface area (Å²) in [5.41, 5.74) is 1.72. The number of nitrogens with one attached hydrogen (secondary N) is 1. The molecule has 1 saturated heterocycles. The molecular formula is C26H26FN3O6S2. The molecule has 200 valence electrons. The summed E-state index contributed by atoms with van der Waals surface area (Å²) in [5.74, 6) is -1.56. The van der Waals surface area contributed by atoms with E-state index in [0.717, 1.165) is 21.5 Å². The van der Waals surface area contributed by atoms with Crippen LogP contribution in [0.4, 0.5) is 10.1 Å². The number of ether oxygens (including phenoxy) is 1. The largest absolute Gasteiger partial charge is 0.379 e. The zero-order valence-corrected chi connectivity index (χ0v) is 21.9. The maximum Gasteiger partial charge on any atom is 0.247 e. The van der Waals surface area contributed by atoms with Gasteiger partial charge in [-0.05, 0) is 47.9 Å². The third kappa shape index (κ3) is 5.09. The highest BCUT2D eigenvalue weighted by Gasteiger charge is 2.40. The SMILES string of the molecule is O=C(Nc1cccc(S(=O)(=O)N2CCOCC2)c1)C1Cc2ccccc2CN1S(=O)(=O)c1ccccc1F. The number of anilines is 1. The van der Waals surface area contributed by atoms with Crippen LogP contribution >= 0.6 is 0 Å². The number of morpholine rings is 1. The second kappa shape index (κ2) is 10.5. The lowest BCUT2D eigenvalue weighted by molar-refractivity contribution is -0.120. The van der Waals surface area contributed by atoms with E-state index >= 15 is 0 Å². The highest BCUT2D eigenvalue weighted by Crippen LogP contribution is 2.31. The van der Waals surface area contributed by atoms with Gasteiger partial charge in [0.2, 0.25) is 26.0 Å². The van der Waals surface area contributed by atoms with Gasteiger partial charge in [-0.3, -0.25) is 4.79 Å². The number of halogens is 1. The van der Waals surface area contributed by atoms with Crippen molar-refractivity contribution in [2.45, 2.75) is 28.8 Å². The van der Waals surface area contributed by atoms with E-state index in [-0.39, 0.29) is 36.6 Å². The Hall–Kier alpha value is -3.16. The van der Waals surface area contributed by atoms with Gasteiger partial charge in [-0.2, -0.15) is 8.61 Å². The Morgan fingerprint density at radius 2 is 1.55 bits per heavy atom. The predicted octanol–water partition coefficient (Wildman–Crippen LogP) is 2.60. The first kappa shape index (κ1) is 26.4. The summed E-state index contributed by atoms with van der Waals surface area (Å²) in [6.45, 7) is 0.930. The van der Waals surface area contributed by atoms with Crippen LogP contribution in [0, 0.1) is 5.82 Å². The van der Waals surface area contributed by atoms with Gasteiger partial charge in [0.1, 0.15) is 16.8 Å². The predicted molar refractivity (Wildman–Crippen MR) is 138 cm³/mol. The van der Waals surface area contributed by atoms with Gasteiger partial charge >= 0.3 is 0 Å². The van der Waals surface area contributed by atoms with Crippen LogP contribution in [0.25, 0.3) is 0 Å². The third-order valence-corrected chi connectivity index (χ3v) is 10.4. The number of fused-ring (bicyclic) bond motifs is 1. The first-order chi connectivity index (χ1) is 18.2. The van der Waals surface area contributed by atoms with Gasteiger partial charge in [-0.1, -0.05) is 42.5 Å². The molecule has 12 heteroatoms. The number of carbonyl (C=O) groups excluding carboxylic acids is 1. The molecule has 5 rings (SSSR count). The fourth-order valence-corrected chi connectivity index (χ4v) is 7.74. The van der Waals surface area contributed by atoms with E-state index in [0.29, 0.717) is 13.2 Å². The molecule has 2 aliphatic heterocycles. The van der Waals surface area contributed by atoms with Crippen LogP contribution < -0.4 is 5.32 Å². The van der Waals surface area contributed by atoms with Crippen LogP contribution in [0.3, 0.4) is 0 Å². The first-order valence-electron chi connectivity index (χ1n) is 12.0. The summed E-state index contributed by atoms with van der Waals surface area (Å²) in [7, 11) is -8.19. The molecule has 3 aromatic rings. The highest BCUT2D eigenvalue weighted by molar-refractivity contribution is 7.89. The molecule has 0 spiro atoms. The molecule has 0 saturated carbocycles. The van der Waals surface area contributed by atoms with Crippen molar-refractivity contribution in [1.82, 2.24) is 8.61 Å². The number of amides is 1. The van der Waals surface area contributed by atoms with E-state index in [9.17, 15) is 26.0 Å². The van der Waals surface area contributed by atoms with Gasteiger partial charge < -0.3 is 10.1 Å². The van der Waals surface area contributed by atoms with Gasteiger partial charge in [0.15, 0.2) is 0 Å². The number of benzene rings is 3. The molecule has 0 aliphatic carbocycles. The topological polar surface area (TPSA) is 113 Å². The van der Waals surface area contributed by atoms with Crippen molar-refractivity contribution >= 4 is 31.6 Å². The van der Waals surface area contributed by atoms with E-state index in [1.807, 2.05) is 6.07 Å². The molecule has 1 atom stereocenters. The Morgan fingerprint density at radius 1 is 0.868 bits per heavy atom. The van der Waals surface area contributed by atoms with Gasteiger partial charge in [0, 0.05) is 25.3 Å². The lowest BCUT2D eigenvalue weighted by Gasteiger charge is -2.35. The van der Waals surface area contributed by atoms with Crippen molar-refractivity contribution in [3.8, 4) is 0 Å². The fourth-order valence-electron chi connectivity index (χ4n) is 4.65. The van der Waals surface area contributed by atoms with Crippen LogP contribution in [0.15, 0.2) is 82.6 Å². The molecule has 1 N–H and O–H groups in total. The Kier molecular flexibility index (Phi) is 7.34. The Labute approximate surface area is 220 Å². The van der Waals surface area contributed by atoms with Crippen LogP contribution in [0.1, 0.15) is 11.1 Å². The van der Waals surface area contributed by atoms with Crippen molar-refractivity contribution in [1.29, 1.82) is 0 Å². The zero-order chi connectivity index (χ0) is 26.9. The Balaban J connectivity index is 1.46. The second-order valence-corrected chi connectivity index (χ2v) is 12.8. The number of hydrogen-bond acceptors (Lipinski definition) is 6. The molecule has 1 unspecified atom stereocenters. The second-order valence-electron chi connectivity index (χ2n) is 9.00. The zero-order valence-electron chi connectivity index (χ0n) is 20.3. The van der Waals surface area contributed by atoms with E-state index in [1.165, 1.54) is 46.8 Å². The number of nitrogens with zero attached hydrogens (tertiary/aromatic N) is 2. The van der Waals surface area contributed by atoms with E-state index in [2.05, 4.69) is 5.32 Å². The molecule has 2 heterocycles. The Bertz CT molecular complexity index is 1570. The first-order valence-corrected chi connectivity index (χ1v) is 14.9. The van der Waals surface area contributed by atoms with Gasteiger partial charge in [-0.25, -0.2) is 21.2 Å². The molecule has 0 bridgehead atoms. The lowest BCUT2D eigenvalue weighted by atomic mass is 9.95. The van der Waals surface area contributed by atoms with Crippen LogP contribution in [-0.2, 0) is 42.5 Å². The average Bonchev–Trinajstić information content (AvgIpc) is 2.93. The minimum absolute atomic E-state index is 0.00187. The van der Waals surface area contributed by atoms with Crippen LogP contribution in [0.5, 0.6) is 0 Å². The average molecular weight is 560 g/mol. The standard InChI is InChI=1S/C26H26FN3O6S2/c27-23-10-3-4-11-25(23)38(34,35)30-18-20-7-2-1-6-19(20)16-24(30)26(31)28-21-8-5-9-22(17-21)37(32,33)29-12-14-36-15-13-29/h1-11,17,24H,12-16,18H2,(H,28,31). The van der Waals surface area contributed by atoms with Crippen molar-refractivity contribution in [2.24, 2.45) is 0 Å². The van der Waals surface area contributed by atoms with Crippen molar-refractivity contribution in [3.63, 3.8) is 0 Å². The summed E-state index contributed by atoms with van der Waals surface area (Å²) in [6, 6.07) is 16.8. The lowest BCUT2D eigenvalue weighted by Crippen LogP contribution is -2.50. The highest BCUT2D eigenvalue weighted by atomic mass is 32.2. The molecule has 38 heavy (non-hydrogen) atoms. The van der Waals surface area contributed by atoms with Crippen LogP contribution in [-0.4, -0.2) is 63.7 Å². The van der Waals surface area contributed by atoms with Gasteiger partial charge in [-0.15, -0.1) is 0 Å². The van der Waals surface area contributed by atoms with E-state index < -0.39 is 42.7 Å². The molecule has 9 nitrogen and oxygen atoms in total. The quantitative estimate of drug-likeness (QED) is 0.497. The maximum absolute atomic E-state index is 14.5. The summed E-state index contributed by atoms with van der Waals surface area (Å²) in [4.78, 5) is 13.0. The molecule has 0 radical (unpaired) electrons. The van der Waals surface area contributed by atoms with E-state index in [4.69, 9.17) is 4.74 Å². The minimum atomic E-state index is -4.38. The minimum Gasteiger partial charge on any atom is -0.379 e. The van der Waals surface area contributed by atoms with E-state index in [1.54, 1.807) is 18.2 Å². The molecular weight excluding hydrogens is 533 g/mol. The number of sulfonamides is 2. The molecule has 1 fully saturated rings. The van der Waals surface area contributed by atoms with Crippen LogP contribution in [0.2, 0.25) is 0 Å². The smallest absolute Gasteiger partial charge is 0.247 e. The fraction of sp³-hybridized carbons (Fsp3) is 0.269. The molecule has 3 aromatic carbocycles. The van der Waals surface area contributed by atoms with Gasteiger partial charge in [0.05, 0.1) is 18.1 Å². The molecule has 1 amide bonds. The number of carbonyl (C=O) groups is 1.